The molecule has 0 saturated carbocycles. The predicted octanol–water partition coefficient (Wildman–Crippen LogP) is 1.40. The van der Waals surface area contributed by atoms with Crippen molar-refractivity contribution in [2.24, 2.45) is 11.7 Å². The van der Waals surface area contributed by atoms with Crippen LogP contribution in [0, 0.1) is 5.92 Å². The number of hydrogen-bond acceptors (Lipinski definition) is 4. The second-order valence-electron chi connectivity index (χ2n) is 4.69. The van der Waals surface area contributed by atoms with Gasteiger partial charge in [0.2, 0.25) is 5.91 Å². The Morgan fingerprint density at radius 1 is 1.26 bits per heavy atom. The van der Waals surface area contributed by atoms with Crippen LogP contribution in [0.15, 0.2) is 29.2 Å². The van der Waals surface area contributed by atoms with Crippen molar-refractivity contribution in [3.63, 3.8) is 0 Å². The molecule has 1 amide bonds. The van der Waals surface area contributed by atoms with Crippen molar-refractivity contribution >= 4 is 21.4 Å². The fourth-order valence-corrected chi connectivity index (χ4v) is 2.32. The molecule has 1 rings (SSSR count). The number of anilines is 1. The average Bonchev–Trinajstić information content (AvgIpc) is 2.38. The van der Waals surface area contributed by atoms with E-state index < -0.39 is 15.9 Å². The standard InChI is InChI=1S/C13H20N2O3S/c1-4-19(17,18)11-7-5-10(6-8-11)15-13(16)12(14)9(2)3/h5-9,12H,4,14H2,1-3H3,(H,15,16). The molecule has 1 aromatic carbocycles. The van der Waals surface area contributed by atoms with Crippen molar-refractivity contribution in [2.75, 3.05) is 11.1 Å². The minimum Gasteiger partial charge on any atom is -0.325 e. The molecule has 0 saturated heterocycles. The maximum Gasteiger partial charge on any atom is 0.241 e. The van der Waals surface area contributed by atoms with Crippen LogP contribution < -0.4 is 11.1 Å². The fraction of sp³-hybridized carbons (Fsp3) is 0.462. The Balaban J connectivity index is 2.81. The molecule has 0 aromatic heterocycles. The zero-order valence-electron chi connectivity index (χ0n) is 11.4. The van der Waals surface area contributed by atoms with Crippen LogP contribution in [0.25, 0.3) is 0 Å². The number of rotatable bonds is 5. The monoisotopic (exact) mass is 284 g/mol. The molecular formula is C13H20N2O3S. The Labute approximate surface area is 114 Å². The maximum atomic E-state index is 11.7. The lowest BCUT2D eigenvalue weighted by Crippen LogP contribution is -2.39. The van der Waals surface area contributed by atoms with Crippen LogP contribution in [0.1, 0.15) is 20.8 Å². The lowest BCUT2D eigenvalue weighted by atomic mass is 10.1. The zero-order chi connectivity index (χ0) is 14.6. The van der Waals surface area contributed by atoms with Crippen LogP contribution in [0.5, 0.6) is 0 Å². The molecule has 6 heteroatoms. The van der Waals surface area contributed by atoms with Crippen molar-refractivity contribution in [1.82, 2.24) is 0 Å². The van der Waals surface area contributed by atoms with Crippen LogP contribution >= 0.6 is 0 Å². The first-order valence-corrected chi connectivity index (χ1v) is 7.82. The number of sulfone groups is 1. The summed E-state index contributed by atoms with van der Waals surface area (Å²) < 4.78 is 23.2. The molecule has 19 heavy (non-hydrogen) atoms. The summed E-state index contributed by atoms with van der Waals surface area (Å²) in [5.74, 6) is -0.183. The van der Waals surface area contributed by atoms with E-state index >= 15 is 0 Å². The smallest absolute Gasteiger partial charge is 0.241 e. The summed E-state index contributed by atoms with van der Waals surface area (Å²) in [5.41, 5.74) is 6.26. The van der Waals surface area contributed by atoms with Crippen molar-refractivity contribution in [3.05, 3.63) is 24.3 Å². The highest BCUT2D eigenvalue weighted by Crippen LogP contribution is 2.15. The summed E-state index contributed by atoms with van der Waals surface area (Å²) in [6.07, 6.45) is 0. The summed E-state index contributed by atoms with van der Waals surface area (Å²) >= 11 is 0. The first-order chi connectivity index (χ1) is 8.77. The number of nitrogens with one attached hydrogen (secondary N) is 1. The van der Waals surface area contributed by atoms with Gasteiger partial charge in [0, 0.05) is 5.69 Å². The van der Waals surface area contributed by atoms with Crippen LogP contribution in [-0.2, 0) is 14.6 Å². The van der Waals surface area contributed by atoms with Crippen LogP contribution in [-0.4, -0.2) is 26.1 Å². The Morgan fingerprint density at radius 2 is 1.79 bits per heavy atom. The Hall–Kier alpha value is -1.40. The maximum absolute atomic E-state index is 11.7. The van der Waals surface area contributed by atoms with Crippen molar-refractivity contribution in [2.45, 2.75) is 31.7 Å². The molecule has 1 unspecified atom stereocenters. The summed E-state index contributed by atoms with van der Waals surface area (Å²) in [6, 6.07) is 5.50. The quantitative estimate of drug-likeness (QED) is 0.855. The highest BCUT2D eigenvalue weighted by molar-refractivity contribution is 7.91. The molecule has 106 valence electrons. The third-order valence-electron chi connectivity index (χ3n) is 2.88. The van der Waals surface area contributed by atoms with E-state index in [0.717, 1.165) is 0 Å². The minimum atomic E-state index is -3.21. The van der Waals surface area contributed by atoms with Gasteiger partial charge in [-0.1, -0.05) is 20.8 Å². The molecule has 0 heterocycles. The van der Waals surface area contributed by atoms with Crippen molar-refractivity contribution < 1.29 is 13.2 Å². The van der Waals surface area contributed by atoms with Gasteiger partial charge in [0.25, 0.3) is 0 Å². The zero-order valence-corrected chi connectivity index (χ0v) is 12.2. The largest absolute Gasteiger partial charge is 0.325 e. The number of hydrogen-bond donors (Lipinski definition) is 2. The second-order valence-corrected chi connectivity index (χ2v) is 6.97. The number of amides is 1. The third-order valence-corrected chi connectivity index (χ3v) is 4.63. The number of carbonyl (C=O) groups is 1. The minimum absolute atomic E-state index is 0.0414. The lowest BCUT2D eigenvalue weighted by Gasteiger charge is -2.15. The van der Waals surface area contributed by atoms with Crippen LogP contribution in [0.2, 0.25) is 0 Å². The first kappa shape index (κ1) is 15.7. The predicted molar refractivity (Wildman–Crippen MR) is 75.6 cm³/mol. The number of nitrogens with two attached hydrogens (primary N) is 1. The molecule has 1 atom stereocenters. The molecule has 3 N–H and O–H groups in total. The van der Waals surface area contributed by atoms with Crippen LogP contribution in [0.3, 0.4) is 0 Å². The number of carbonyl (C=O) groups excluding carboxylic acids is 1. The summed E-state index contributed by atoms with van der Waals surface area (Å²) in [4.78, 5) is 12.0. The molecule has 0 radical (unpaired) electrons. The van der Waals surface area contributed by atoms with Gasteiger partial charge in [0.1, 0.15) is 0 Å². The molecule has 5 nitrogen and oxygen atoms in total. The van der Waals surface area contributed by atoms with E-state index in [1.54, 1.807) is 19.1 Å². The highest BCUT2D eigenvalue weighted by atomic mass is 32.2. The molecule has 0 aliphatic carbocycles. The second kappa shape index (κ2) is 6.16. The van der Waals surface area contributed by atoms with E-state index in [0.29, 0.717) is 5.69 Å². The molecule has 0 fully saturated rings. The molecule has 0 aliphatic heterocycles. The van der Waals surface area contributed by atoms with Gasteiger partial charge in [-0.15, -0.1) is 0 Å². The van der Waals surface area contributed by atoms with Crippen molar-refractivity contribution in [3.8, 4) is 0 Å². The Kier molecular flexibility index (Phi) is 5.08. The fourth-order valence-electron chi connectivity index (χ4n) is 1.44. The Bertz CT molecular complexity index is 536. The van der Waals surface area contributed by atoms with Gasteiger partial charge in [-0.3, -0.25) is 4.79 Å². The van der Waals surface area contributed by atoms with E-state index in [4.69, 9.17) is 5.73 Å². The van der Waals surface area contributed by atoms with E-state index in [1.807, 2.05) is 13.8 Å². The molecule has 0 aliphatic rings. The van der Waals surface area contributed by atoms with Gasteiger partial charge in [0.05, 0.1) is 16.7 Å². The molecule has 0 spiro atoms. The average molecular weight is 284 g/mol. The SMILES string of the molecule is CCS(=O)(=O)c1ccc(NC(=O)C(N)C(C)C)cc1. The normalized spacial score (nSPS) is 13.3. The molecule has 1 aromatic rings. The number of benzene rings is 1. The van der Waals surface area contributed by atoms with Crippen LogP contribution in [0.4, 0.5) is 5.69 Å². The van der Waals surface area contributed by atoms with E-state index in [9.17, 15) is 13.2 Å². The van der Waals surface area contributed by atoms with E-state index in [2.05, 4.69) is 5.32 Å². The van der Waals surface area contributed by atoms with Gasteiger partial charge in [0.15, 0.2) is 9.84 Å². The first-order valence-electron chi connectivity index (χ1n) is 6.17. The van der Waals surface area contributed by atoms with Gasteiger partial charge in [-0.05, 0) is 30.2 Å². The molecular weight excluding hydrogens is 264 g/mol. The highest BCUT2D eigenvalue weighted by Gasteiger charge is 2.17. The van der Waals surface area contributed by atoms with Gasteiger partial charge >= 0.3 is 0 Å². The van der Waals surface area contributed by atoms with E-state index in [-0.39, 0.29) is 22.5 Å². The summed E-state index contributed by atoms with van der Waals surface area (Å²) in [5, 5.41) is 2.66. The topological polar surface area (TPSA) is 89.3 Å². The van der Waals surface area contributed by atoms with Gasteiger partial charge in [-0.25, -0.2) is 8.42 Å². The van der Waals surface area contributed by atoms with Gasteiger partial charge < -0.3 is 11.1 Å². The lowest BCUT2D eigenvalue weighted by molar-refractivity contribution is -0.118. The summed E-state index contributed by atoms with van der Waals surface area (Å²) in [7, 11) is -3.21. The summed E-state index contributed by atoms with van der Waals surface area (Å²) in [6.45, 7) is 5.31. The van der Waals surface area contributed by atoms with Gasteiger partial charge in [-0.2, -0.15) is 0 Å². The Morgan fingerprint density at radius 3 is 2.21 bits per heavy atom. The van der Waals surface area contributed by atoms with Crippen molar-refractivity contribution in [1.29, 1.82) is 0 Å². The van der Waals surface area contributed by atoms with E-state index in [1.165, 1.54) is 12.1 Å². The molecule has 0 bridgehead atoms. The third kappa shape index (κ3) is 4.04.